The molecule has 0 spiro atoms. The molecular formula is C16H22N6O. The van der Waals surface area contributed by atoms with Crippen molar-refractivity contribution in [3.8, 4) is 0 Å². The number of nitrogen functional groups attached to an aromatic ring is 1. The molecule has 1 saturated carbocycles. The standard InChI is InChI=1S/C16H22N6O/c1-3-16(2)6-11(16)15(23)21-5-4-10(7-21)22-9-20-12-13(17)18-8-19-14(12)22/h8-11H,3-7H2,1-2H3,(H2,17,18,19). The molecule has 2 fully saturated rings. The third kappa shape index (κ3) is 2.17. The van der Waals surface area contributed by atoms with E-state index in [4.69, 9.17) is 5.73 Å². The van der Waals surface area contributed by atoms with Crippen LogP contribution in [0.5, 0.6) is 0 Å². The summed E-state index contributed by atoms with van der Waals surface area (Å²) in [6.07, 6.45) is 6.26. The highest BCUT2D eigenvalue weighted by Gasteiger charge is 2.54. The Labute approximate surface area is 134 Å². The third-order valence-corrected chi connectivity index (χ3v) is 5.71. The molecule has 3 unspecified atom stereocenters. The fourth-order valence-corrected chi connectivity index (χ4v) is 3.71. The highest BCUT2D eigenvalue weighted by atomic mass is 16.2. The van der Waals surface area contributed by atoms with Gasteiger partial charge in [0, 0.05) is 19.0 Å². The van der Waals surface area contributed by atoms with E-state index in [1.165, 1.54) is 6.33 Å². The van der Waals surface area contributed by atoms with Gasteiger partial charge in [-0.3, -0.25) is 4.79 Å². The molecule has 0 radical (unpaired) electrons. The van der Waals surface area contributed by atoms with E-state index in [-0.39, 0.29) is 17.4 Å². The Balaban J connectivity index is 1.52. The van der Waals surface area contributed by atoms with Gasteiger partial charge in [0.2, 0.25) is 5.91 Å². The largest absolute Gasteiger partial charge is 0.382 e. The second-order valence-corrected chi connectivity index (χ2v) is 7.07. The number of carbonyl (C=O) groups excluding carboxylic acids is 1. The molecule has 0 aromatic carbocycles. The van der Waals surface area contributed by atoms with Gasteiger partial charge in [-0.05, 0) is 24.7 Å². The number of hydrogen-bond donors (Lipinski definition) is 1. The van der Waals surface area contributed by atoms with Crippen LogP contribution in [-0.4, -0.2) is 43.4 Å². The molecule has 1 amide bonds. The maximum atomic E-state index is 12.7. The molecule has 122 valence electrons. The number of amides is 1. The van der Waals surface area contributed by atoms with Crippen molar-refractivity contribution in [3.63, 3.8) is 0 Å². The maximum absolute atomic E-state index is 12.7. The van der Waals surface area contributed by atoms with Crippen LogP contribution >= 0.6 is 0 Å². The lowest BCUT2D eigenvalue weighted by molar-refractivity contribution is -0.132. The average Bonchev–Trinajstić information content (AvgIpc) is 2.94. The Bertz CT molecular complexity index is 771. The van der Waals surface area contributed by atoms with Gasteiger partial charge in [-0.25, -0.2) is 15.0 Å². The number of rotatable bonds is 3. The van der Waals surface area contributed by atoms with Gasteiger partial charge in [-0.1, -0.05) is 13.8 Å². The lowest BCUT2D eigenvalue weighted by atomic mass is 10.0. The molecule has 2 N–H and O–H groups in total. The second-order valence-electron chi connectivity index (χ2n) is 7.07. The van der Waals surface area contributed by atoms with Crippen LogP contribution in [0.25, 0.3) is 11.2 Å². The molecule has 7 nitrogen and oxygen atoms in total. The summed E-state index contributed by atoms with van der Waals surface area (Å²) in [5, 5.41) is 0. The predicted molar refractivity (Wildman–Crippen MR) is 86.5 cm³/mol. The topological polar surface area (TPSA) is 89.9 Å². The van der Waals surface area contributed by atoms with Gasteiger partial charge in [-0.15, -0.1) is 0 Å². The first kappa shape index (κ1) is 14.4. The first-order chi connectivity index (χ1) is 11.0. The SMILES string of the molecule is CCC1(C)CC1C(=O)N1CCC(n2cnc3c(N)ncnc32)C1. The smallest absolute Gasteiger partial charge is 0.226 e. The first-order valence-electron chi connectivity index (χ1n) is 8.25. The van der Waals surface area contributed by atoms with Crippen molar-refractivity contribution < 1.29 is 4.79 Å². The predicted octanol–water partition coefficient (Wildman–Crippen LogP) is 1.62. The van der Waals surface area contributed by atoms with Crippen molar-refractivity contribution in [2.24, 2.45) is 11.3 Å². The summed E-state index contributed by atoms with van der Waals surface area (Å²) in [5.74, 6) is 0.926. The van der Waals surface area contributed by atoms with Crippen molar-refractivity contribution in [2.75, 3.05) is 18.8 Å². The molecule has 0 bridgehead atoms. The van der Waals surface area contributed by atoms with E-state index in [0.717, 1.165) is 38.0 Å². The lowest BCUT2D eigenvalue weighted by Crippen LogP contribution is -2.31. The molecule has 3 heterocycles. The van der Waals surface area contributed by atoms with E-state index in [1.807, 2.05) is 9.47 Å². The normalized spacial score (nSPS) is 30.1. The monoisotopic (exact) mass is 314 g/mol. The van der Waals surface area contributed by atoms with E-state index in [9.17, 15) is 4.79 Å². The molecule has 1 aliphatic carbocycles. The molecule has 23 heavy (non-hydrogen) atoms. The van der Waals surface area contributed by atoms with E-state index in [2.05, 4.69) is 28.8 Å². The van der Waals surface area contributed by atoms with Crippen molar-refractivity contribution in [3.05, 3.63) is 12.7 Å². The van der Waals surface area contributed by atoms with Gasteiger partial charge in [-0.2, -0.15) is 0 Å². The molecular weight excluding hydrogens is 292 g/mol. The summed E-state index contributed by atoms with van der Waals surface area (Å²) in [6, 6.07) is 0.213. The number of likely N-dealkylation sites (tertiary alicyclic amines) is 1. The van der Waals surface area contributed by atoms with Gasteiger partial charge in [0.05, 0.1) is 12.4 Å². The maximum Gasteiger partial charge on any atom is 0.226 e. The Hall–Kier alpha value is -2.18. The Morgan fingerprint density at radius 3 is 3.00 bits per heavy atom. The molecule has 1 saturated heterocycles. The van der Waals surface area contributed by atoms with Crippen molar-refractivity contribution in [1.29, 1.82) is 0 Å². The molecule has 2 aliphatic rings. The molecule has 1 aliphatic heterocycles. The number of carbonyl (C=O) groups is 1. The van der Waals surface area contributed by atoms with Crippen LogP contribution in [0.15, 0.2) is 12.7 Å². The van der Waals surface area contributed by atoms with Gasteiger partial charge in [0.25, 0.3) is 0 Å². The molecule has 7 heteroatoms. The Morgan fingerprint density at radius 2 is 2.26 bits per heavy atom. The quantitative estimate of drug-likeness (QED) is 0.929. The van der Waals surface area contributed by atoms with Crippen LogP contribution < -0.4 is 5.73 Å². The summed E-state index contributed by atoms with van der Waals surface area (Å²) < 4.78 is 2.03. The van der Waals surface area contributed by atoms with E-state index in [1.54, 1.807) is 6.33 Å². The number of imidazole rings is 1. The third-order valence-electron chi connectivity index (χ3n) is 5.71. The zero-order valence-corrected chi connectivity index (χ0v) is 13.6. The Morgan fingerprint density at radius 1 is 1.43 bits per heavy atom. The number of fused-ring (bicyclic) bond motifs is 1. The van der Waals surface area contributed by atoms with Crippen LogP contribution in [0.2, 0.25) is 0 Å². The van der Waals surface area contributed by atoms with E-state index >= 15 is 0 Å². The highest BCUT2D eigenvalue weighted by molar-refractivity contribution is 5.83. The summed E-state index contributed by atoms with van der Waals surface area (Å²) in [4.78, 5) is 27.3. The second kappa shape index (κ2) is 4.91. The molecule has 2 aromatic rings. The number of nitrogens with zero attached hydrogens (tertiary/aromatic N) is 5. The van der Waals surface area contributed by atoms with Gasteiger partial charge in [0.15, 0.2) is 11.5 Å². The highest BCUT2D eigenvalue weighted by Crippen LogP contribution is 2.55. The van der Waals surface area contributed by atoms with Crippen LogP contribution in [-0.2, 0) is 4.79 Å². The zero-order valence-electron chi connectivity index (χ0n) is 13.6. The van der Waals surface area contributed by atoms with Gasteiger partial charge < -0.3 is 15.2 Å². The minimum atomic E-state index is 0.212. The number of nitrogens with two attached hydrogens (primary N) is 1. The van der Waals surface area contributed by atoms with Crippen LogP contribution in [0.1, 0.15) is 39.2 Å². The fraction of sp³-hybridized carbons (Fsp3) is 0.625. The van der Waals surface area contributed by atoms with E-state index in [0.29, 0.717) is 17.2 Å². The summed E-state index contributed by atoms with van der Waals surface area (Å²) in [5.41, 5.74) is 7.45. The van der Waals surface area contributed by atoms with Crippen LogP contribution in [0.3, 0.4) is 0 Å². The Kier molecular flexibility index (Phi) is 3.08. The van der Waals surface area contributed by atoms with Crippen LogP contribution in [0, 0.1) is 11.3 Å². The molecule has 3 atom stereocenters. The minimum Gasteiger partial charge on any atom is -0.382 e. The number of hydrogen-bond acceptors (Lipinski definition) is 5. The first-order valence-corrected chi connectivity index (χ1v) is 8.25. The fourth-order valence-electron chi connectivity index (χ4n) is 3.71. The minimum absolute atomic E-state index is 0.212. The van der Waals surface area contributed by atoms with Gasteiger partial charge >= 0.3 is 0 Å². The summed E-state index contributed by atoms with van der Waals surface area (Å²) in [6.45, 7) is 5.92. The van der Waals surface area contributed by atoms with Crippen molar-refractivity contribution in [1.82, 2.24) is 24.4 Å². The average molecular weight is 314 g/mol. The van der Waals surface area contributed by atoms with Gasteiger partial charge in [0.1, 0.15) is 11.8 Å². The lowest BCUT2D eigenvalue weighted by Gasteiger charge is -2.18. The summed E-state index contributed by atoms with van der Waals surface area (Å²) in [7, 11) is 0. The zero-order chi connectivity index (χ0) is 16.2. The molecule has 2 aromatic heterocycles. The van der Waals surface area contributed by atoms with Crippen molar-refractivity contribution in [2.45, 2.75) is 39.2 Å². The van der Waals surface area contributed by atoms with Crippen LogP contribution in [0.4, 0.5) is 5.82 Å². The van der Waals surface area contributed by atoms with E-state index < -0.39 is 0 Å². The van der Waals surface area contributed by atoms with Crippen molar-refractivity contribution >= 4 is 22.9 Å². The number of aromatic nitrogens is 4. The summed E-state index contributed by atoms with van der Waals surface area (Å²) >= 11 is 0. The number of anilines is 1. The molecule has 4 rings (SSSR count).